The number of likely N-dealkylation sites (N-methyl/N-ethyl adjacent to an activating group) is 1. The minimum Gasteiger partial charge on any atom is -0.464 e. The van der Waals surface area contributed by atoms with E-state index < -0.39 is 0 Å². The molecule has 0 saturated carbocycles. The Morgan fingerprint density at radius 3 is 1.94 bits per heavy atom. The monoisotopic (exact) mass is 247 g/mol. The van der Waals surface area contributed by atoms with Crippen LogP contribution in [0, 0.1) is 5.41 Å². The van der Waals surface area contributed by atoms with E-state index in [0.717, 1.165) is 26.1 Å². The Balaban J connectivity index is -0.000000980. The molecule has 17 heavy (non-hydrogen) atoms. The van der Waals surface area contributed by atoms with E-state index in [-0.39, 0.29) is 26.2 Å². The zero-order valence-electron chi connectivity index (χ0n) is 10.8. The van der Waals surface area contributed by atoms with Crippen LogP contribution in [-0.2, 0) is 9.53 Å². The molecule has 0 atom stereocenters. The molecule has 0 spiro atoms. The lowest BCUT2D eigenvalue weighted by atomic mass is 9.91. The third-order valence-corrected chi connectivity index (χ3v) is 2.97. The number of carbonyl (C=O) groups excluding carboxylic acids is 1. The zero-order chi connectivity index (χ0) is 11.9. The van der Waals surface area contributed by atoms with Gasteiger partial charge in [-0.1, -0.05) is 35.6 Å². The third-order valence-electron chi connectivity index (χ3n) is 2.97. The summed E-state index contributed by atoms with van der Waals surface area (Å²) < 4.78 is 5.25. The molecule has 3 heteroatoms. The molecule has 0 aromatic heterocycles. The zero-order valence-corrected chi connectivity index (χ0v) is 10.8. The fraction of sp³-hybridized carbons (Fsp3) is 0.929. The molecule has 0 aromatic rings. The van der Waals surface area contributed by atoms with Crippen LogP contribution >= 0.6 is 0 Å². The molecule has 0 heterocycles. The lowest BCUT2D eigenvalue weighted by molar-refractivity contribution is -0.154. The Bertz CT molecular complexity index is 187. The van der Waals surface area contributed by atoms with E-state index in [1.165, 1.54) is 0 Å². The van der Waals surface area contributed by atoms with Crippen molar-refractivity contribution in [3.05, 3.63) is 0 Å². The van der Waals surface area contributed by atoms with Crippen molar-refractivity contribution < 1.29 is 9.53 Å². The van der Waals surface area contributed by atoms with Gasteiger partial charge in [0.25, 0.3) is 0 Å². The highest BCUT2D eigenvalue weighted by Crippen LogP contribution is 2.21. The molecule has 0 aliphatic carbocycles. The van der Waals surface area contributed by atoms with Crippen molar-refractivity contribution in [2.45, 2.75) is 55.9 Å². The van der Waals surface area contributed by atoms with Crippen LogP contribution in [0.2, 0.25) is 0 Å². The van der Waals surface area contributed by atoms with Crippen LogP contribution in [0.3, 0.4) is 0 Å². The Morgan fingerprint density at radius 1 is 1.12 bits per heavy atom. The quantitative estimate of drug-likeness (QED) is 0.644. The maximum Gasteiger partial charge on any atom is 0.311 e. The summed E-state index contributed by atoms with van der Waals surface area (Å²) in [4.78, 5) is 13.9. The molecule has 0 N–H and O–H groups in total. The maximum atomic E-state index is 11.6. The van der Waals surface area contributed by atoms with E-state index in [2.05, 4.69) is 18.7 Å². The molecule has 3 nitrogen and oxygen atoms in total. The van der Waals surface area contributed by atoms with Crippen molar-refractivity contribution in [2.24, 2.45) is 5.41 Å². The average Bonchev–Trinajstić information content (AvgIpc) is 2.24. The highest BCUT2D eigenvalue weighted by Gasteiger charge is 2.26. The Labute approximate surface area is 109 Å². The summed E-state index contributed by atoms with van der Waals surface area (Å²) in [7, 11) is 0. The second-order valence-electron chi connectivity index (χ2n) is 4.40. The molecule has 0 aliphatic rings. The summed E-state index contributed by atoms with van der Waals surface area (Å²) in [5.41, 5.74) is -0.344. The van der Waals surface area contributed by atoms with Gasteiger partial charge in [0.1, 0.15) is 6.61 Å². The van der Waals surface area contributed by atoms with Crippen molar-refractivity contribution in [3.8, 4) is 0 Å². The van der Waals surface area contributed by atoms with Crippen molar-refractivity contribution in [1.29, 1.82) is 0 Å². The Kier molecular flexibility index (Phi) is 13.5. The van der Waals surface area contributed by atoms with Gasteiger partial charge in [-0.15, -0.1) is 0 Å². The molecule has 0 radical (unpaired) electrons. The molecule has 0 unspecified atom stereocenters. The number of rotatable bonds is 7. The van der Waals surface area contributed by atoms with Gasteiger partial charge in [0.15, 0.2) is 0 Å². The van der Waals surface area contributed by atoms with Gasteiger partial charge in [0.05, 0.1) is 5.41 Å². The minimum atomic E-state index is -0.344. The van der Waals surface area contributed by atoms with Crippen molar-refractivity contribution >= 4 is 5.97 Å². The SMILES string of the molecule is C.C.CCN(CC)CCOC(=O)C(C)(C)CC. The first-order chi connectivity index (χ1) is 6.97. The topological polar surface area (TPSA) is 29.5 Å². The number of carbonyl (C=O) groups is 1. The molecule has 0 bridgehead atoms. The molecule has 0 saturated heterocycles. The van der Waals surface area contributed by atoms with Gasteiger partial charge < -0.3 is 9.64 Å². The predicted octanol–water partition coefficient (Wildman–Crippen LogP) is 3.58. The summed E-state index contributed by atoms with van der Waals surface area (Å²) in [6.07, 6.45) is 0.817. The molecule has 0 aromatic carbocycles. The lowest BCUT2D eigenvalue weighted by Gasteiger charge is -2.22. The number of ether oxygens (including phenoxy) is 1. The van der Waals surface area contributed by atoms with E-state index in [1.54, 1.807) is 0 Å². The summed E-state index contributed by atoms with van der Waals surface area (Å²) in [6, 6.07) is 0. The van der Waals surface area contributed by atoms with Crippen LogP contribution in [0.25, 0.3) is 0 Å². The fourth-order valence-corrected chi connectivity index (χ4v) is 1.15. The van der Waals surface area contributed by atoms with Gasteiger partial charge in [-0.3, -0.25) is 4.79 Å². The summed E-state index contributed by atoms with van der Waals surface area (Å²) in [6.45, 7) is 13.4. The highest BCUT2D eigenvalue weighted by atomic mass is 16.5. The molecule has 0 aliphatic heterocycles. The third kappa shape index (κ3) is 8.19. The minimum absolute atomic E-state index is 0. The van der Waals surface area contributed by atoms with Gasteiger partial charge in [0.2, 0.25) is 0 Å². The van der Waals surface area contributed by atoms with Crippen molar-refractivity contribution in [2.75, 3.05) is 26.2 Å². The largest absolute Gasteiger partial charge is 0.464 e. The van der Waals surface area contributed by atoms with E-state index in [1.807, 2.05) is 20.8 Å². The number of hydrogen-bond donors (Lipinski definition) is 0. The molecule has 0 amide bonds. The van der Waals surface area contributed by atoms with E-state index >= 15 is 0 Å². The van der Waals surface area contributed by atoms with E-state index in [0.29, 0.717) is 6.61 Å². The van der Waals surface area contributed by atoms with Crippen LogP contribution in [0.4, 0.5) is 0 Å². The smallest absolute Gasteiger partial charge is 0.311 e. The van der Waals surface area contributed by atoms with Gasteiger partial charge in [-0.05, 0) is 33.4 Å². The van der Waals surface area contributed by atoms with Crippen LogP contribution in [0.5, 0.6) is 0 Å². The standard InChI is InChI=1S/C12H25NO2.2CH4/c1-6-12(4,5)11(14)15-10-9-13(7-2)8-3;;/h6-10H2,1-5H3;2*1H4. The van der Waals surface area contributed by atoms with Gasteiger partial charge in [-0.25, -0.2) is 0 Å². The molecular weight excluding hydrogens is 214 g/mol. The van der Waals surface area contributed by atoms with Crippen LogP contribution < -0.4 is 0 Å². The van der Waals surface area contributed by atoms with Crippen LogP contribution in [0.1, 0.15) is 55.9 Å². The van der Waals surface area contributed by atoms with Crippen molar-refractivity contribution in [1.82, 2.24) is 4.90 Å². The molecule has 106 valence electrons. The summed E-state index contributed by atoms with van der Waals surface area (Å²) >= 11 is 0. The van der Waals surface area contributed by atoms with Crippen LogP contribution in [-0.4, -0.2) is 37.1 Å². The second-order valence-corrected chi connectivity index (χ2v) is 4.40. The number of esters is 1. The lowest BCUT2D eigenvalue weighted by Crippen LogP contribution is -2.31. The summed E-state index contributed by atoms with van der Waals surface area (Å²) in [5.74, 6) is -0.0860. The highest BCUT2D eigenvalue weighted by molar-refractivity contribution is 5.75. The van der Waals surface area contributed by atoms with Gasteiger partial charge in [0, 0.05) is 6.54 Å². The predicted molar refractivity (Wildman–Crippen MR) is 76.3 cm³/mol. The summed E-state index contributed by atoms with van der Waals surface area (Å²) in [5, 5.41) is 0. The first-order valence-electron chi connectivity index (χ1n) is 5.87. The Morgan fingerprint density at radius 2 is 1.59 bits per heavy atom. The number of hydrogen-bond acceptors (Lipinski definition) is 3. The molecule has 0 fully saturated rings. The first-order valence-corrected chi connectivity index (χ1v) is 5.87. The van der Waals surface area contributed by atoms with E-state index in [9.17, 15) is 4.79 Å². The molecular formula is C14H33NO2. The van der Waals surface area contributed by atoms with E-state index in [4.69, 9.17) is 4.74 Å². The molecule has 0 rings (SSSR count). The fourth-order valence-electron chi connectivity index (χ4n) is 1.15. The second kappa shape index (κ2) is 10.6. The Hall–Kier alpha value is -0.570. The van der Waals surface area contributed by atoms with Crippen LogP contribution in [0.15, 0.2) is 0 Å². The van der Waals surface area contributed by atoms with Crippen molar-refractivity contribution in [3.63, 3.8) is 0 Å². The van der Waals surface area contributed by atoms with Gasteiger partial charge in [-0.2, -0.15) is 0 Å². The maximum absolute atomic E-state index is 11.6. The number of nitrogens with zero attached hydrogens (tertiary/aromatic N) is 1. The normalized spacial score (nSPS) is 10.5. The first kappa shape index (κ1) is 21.7. The van der Waals surface area contributed by atoms with Gasteiger partial charge >= 0.3 is 5.97 Å². The average molecular weight is 247 g/mol.